The van der Waals surface area contributed by atoms with Gasteiger partial charge in [0.2, 0.25) is 11.8 Å². The van der Waals surface area contributed by atoms with E-state index in [1.54, 1.807) is 18.3 Å². The molecule has 44 heavy (non-hydrogen) atoms. The van der Waals surface area contributed by atoms with Gasteiger partial charge in [-0.15, -0.1) is 0 Å². The number of pyridine rings is 1. The maximum atomic E-state index is 13.7. The number of carbonyl (C=O) groups is 3. The number of rotatable bonds is 12. The average molecular weight is 665 g/mol. The molecule has 2 saturated heterocycles. The van der Waals surface area contributed by atoms with Gasteiger partial charge in [0.25, 0.3) is 0 Å². The molecule has 0 unspecified atom stereocenters. The molecule has 3 heterocycles. The minimum Gasteiger partial charge on any atom is -0.507 e. The van der Waals surface area contributed by atoms with E-state index in [0.717, 1.165) is 33.3 Å². The van der Waals surface area contributed by atoms with Crippen LogP contribution in [0.25, 0.3) is 11.6 Å². The van der Waals surface area contributed by atoms with Crippen LogP contribution in [0.15, 0.2) is 58.2 Å². The molecule has 4 atom stereocenters. The summed E-state index contributed by atoms with van der Waals surface area (Å²) in [5, 5.41) is 30.3. The summed E-state index contributed by atoms with van der Waals surface area (Å²) >= 11 is 3.48. The summed E-state index contributed by atoms with van der Waals surface area (Å²) in [7, 11) is -1.06. The van der Waals surface area contributed by atoms with Crippen LogP contribution in [0.2, 0.25) is 6.32 Å². The van der Waals surface area contributed by atoms with Gasteiger partial charge in [-0.25, -0.2) is 0 Å². The van der Waals surface area contributed by atoms with Crippen molar-refractivity contribution in [1.29, 1.82) is 0 Å². The van der Waals surface area contributed by atoms with E-state index >= 15 is 0 Å². The van der Waals surface area contributed by atoms with Gasteiger partial charge in [-0.2, -0.15) is 0 Å². The fraction of sp³-hybridized carbons (Fsp3) is 0.455. The van der Waals surface area contributed by atoms with Gasteiger partial charge >= 0.3 is 13.1 Å². The number of phenolic OH excluding ortho intramolecular Hbond substituents is 1. The van der Waals surface area contributed by atoms with E-state index in [9.17, 15) is 24.5 Å². The van der Waals surface area contributed by atoms with E-state index in [2.05, 4.69) is 27.8 Å². The topological polar surface area (TPSA) is 137 Å². The number of fused-ring (bicyclic) bond motifs is 3. The first-order valence-electron chi connectivity index (χ1n) is 15.4. The summed E-state index contributed by atoms with van der Waals surface area (Å²) in [5.41, 5.74) is 4.46. The van der Waals surface area contributed by atoms with Crippen LogP contribution in [0, 0.1) is 17.8 Å². The molecule has 2 amide bonds. The third-order valence-electron chi connectivity index (χ3n) is 9.09. The highest BCUT2D eigenvalue weighted by atomic mass is 79.9. The number of allylic oxidation sites excluding steroid dienone is 2. The molecule has 5 rings (SSSR count). The number of phenols is 1. The number of amides is 2. The van der Waals surface area contributed by atoms with E-state index in [0.29, 0.717) is 44.1 Å². The van der Waals surface area contributed by atoms with Crippen molar-refractivity contribution < 1.29 is 34.3 Å². The molecule has 1 aromatic carbocycles. The number of imide groups is 1. The van der Waals surface area contributed by atoms with E-state index in [4.69, 9.17) is 9.76 Å². The predicted octanol–water partition coefficient (Wildman–Crippen LogP) is 5.72. The van der Waals surface area contributed by atoms with Crippen molar-refractivity contribution in [3.05, 3.63) is 69.5 Å². The number of benzene rings is 1. The zero-order valence-corrected chi connectivity index (χ0v) is 26.4. The molecule has 232 valence electrons. The highest BCUT2D eigenvalue weighted by Crippen LogP contribution is 2.51. The largest absolute Gasteiger partial charge is 0.507 e. The van der Waals surface area contributed by atoms with Crippen molar-refractivity contribution in [1.82, 2.24) is 9.88 Å². The van der Waals surface area contributed by atoms with Gasteiger partial charge < -0.3 is 19.9 Å². The van der Waals surface area contributed by atoms with Crippen LogP contribution >= 0.6 is 15.9 Å². The molecule has 0 radical (unpaired) electrons. The Morgan fingerprint density at radius 2 is 1.95 bits per heavy atom. The number of likely N-dealkylation sites (tertiary alicyclic amines) is 1. The standard InChI is InChI=1S/C33H38BBrN2O7/c1-2-20-18-24-31(33(42)37(32(24)41)15-7-3-4-9-29(39)40)25-19-34(43)44-28(30(20)25)13-10-21(26-8-5-6-14-36-26)16-22-17-23(35)11-12-27(22)38/h5-6,8,11-12,14,16-17,24-25,28,31,38,43H,2-4,7,9-10,13,15,18-19H2,1H3,(H,39,40)/b21-16-/t24-,25+,28-,31-/m1/s1. The Balaban J connectivity index is 1.38. The second kappa shape index (κ2) is 14.2. The second-order valence-corrected chi connectivity index (χ2v) is 12.7. The highest BCUT2D eigenvalue weighted by molar-refractivity contribution is 9.10. The molecular formula is C33H38BBrN2O7. The van der Waals surface area contributed by atoms with Crippen molar-refractivity contribution in [2.24, 2.45) is 17.8 Å². The molecule has 9 nitrogen and oxygen atoms in total. The second-order valence-electron chi connectivity index (χ2n) is 11.8. The van der Waals surface area contributed by atoms with Crippen molar-refractivity contribution in [3.63, 3.8) is 0 Å². The van der Waals surface area contributed by atoms with Crippen LogP contribution in [-0.4, -0.2) is 62.7 Å². The maximum absolute atomic E-state index is 13.7. The number of aromatic nitrogens is 1. The number of carbonyl (C=O) groups excluding carboxylic acids is 2. The zero-order valence-electron chi connectivity index (χ0n) is 24.8. The van der Waals surface area contributed by atoms with Gasteiger partial charge in [0.1, 0.15) is 5.75 Å². The Bertz CT molecular complexity index is 1460. The number of hydrogen-bond acceptors (Lipinski definition) is 7. The minimum absolute atomic E-state index is 0.0724. The Kier molecular flexibility index (Phi) is 10.4. The minimum atomic E-state index is -1.06. The fourth-order valence-corrected chi connectivity index (χ4v) is 7.43. The van der Waals surface area contributed by atoms with E-state index in [1.165, 1.54) is 4.90 Å². The van der Waals surface area contributed by atoms with Crippen molar-refractivity contribution in [3.8, 4) is 5.75 Å². The first-order valence-corrected chi connectivity index (χ1v) is 16.2. The molecule has 11 heteroatoms. The lowest BCUT2D eigenvalue weighted by molar-refractivity contribution is -0.141. The Morgan fingerprint density at radius 3 is 2.68 bits per heavy atom. The van der Waals surface area contributed by atoms with Gasteiger partial charge in [0, 0.05) is 29.2 Å². The molecule has 1 aliphatic carbocycles. The summed E-state index contributed by atoms with van der Waals surface area (Å²) < 4.78 is 6.99. The van der Waals surface area contributed by atoms with Crippen molar-refractivity contribution in [2.75, 3.05) is 6.54 Å². The summed E-state index contributed by atoms with van der Waals surface area (Å²) in [4.78, 5) is 43.9. The lowest BCUT2D eigenvalue weighted by Crippen LogP contribution is -2.46. The quantitative estimate of drug-likeness (QED) is 0.113. The van der Waals surface area contributed by atoms with Gasteiger partial charge in [-0.3, -0.25) is 24.3 Å². The molecule has 2 aliphatic heterocycles. The lowest BCUT2D eigenvalue weighted by atomic mass is 9.58. The molecular weight excluding hydrogens is 627 g/mol. The first kappa shape index (κ1) is 32.1. The summed E-state index contributed by atoms with van der Waals surface area (Å²) in [5.74, 6) is -2.31. The number of carboxylic acids is 1. The first-order chi connectivity index (χ1) is 21.2. The molecule has 0 spiro atoms. The van der Waals surface area contributed by atoms with Crippen molar-refractivity contribution >= 4 is 52.5 Å². The Hall–Kier alpha value is -3.28. The molecule has 0 saturated carbocycles. The van der Waals surface area contributed by atoms with E-state index in [-0.39, 0.29) is 42.8 Å². The molecule has 0 bridgehead atoms. The van der Waals surface area contributed by atoms with Crippen LogP contribution < -0.4 is 0 Å². The van der Waals surface area contributed by atoms with Crippen LogP contribution in [0.3, 0.4) is 0 Å². The van der Waals surface area contributed by atoms with Crippen LogP contribution in [0.5, 0.6) is 5.75 Å². The van der Waals surface area contributed by atoms with E-state index < -0.39 is 31.0 Å². The molecule has 3 N–H and O–H groups in total. The van der Waals surface area contributed by atoms with Gasteiger partial charge in [0.15, 0.2) is 0 Å². The smallest absolute Gasteiger partial charge is 0.455 e. The highest BCUT2D eigenvalue weighted by Gasteiger charge is 2.56. The Labute approximate surface area is 266 Å². The maximum Gasteiger partial charge on any atom is 0.455 e. The van der Waals surface area contributed by atoms with Crippen LogP contribution in [0.4, 0.5) is 0 Å². The zero-order chi connectivity index (χ0) is 31.4. The van der Waals surface area contributed by atoms with Crippen LogP contribution in [-0.2, 0) is 19.0 Å². The summed E-state index contributed by atoms with van der Waals surface area (Å²) in [6.45, 7) is 2.34. The monoisotopic (exact) mass is 664 g/mol. The van der Waals surface area contributed by atoms with Gasteiger partial charge in [0.05, 0.1) is 23.6 Å². The number of aliphatic carboxylic acids is 1. The number of carboxylic acid groups (broad SMARTS) is 1. The number of halogens is 1. The molecule has 2 aromatic rings. The van der Waals surface area contributed by atoms with E-state index in [1.807, 2.05) is 30.3 Å². The van der Waals surface area contributed by atoms with Crippen molar-refractivity contribution in [2.45, 2.75) is 70.7 Å². The normalized spacial score (nSPS) is 23.7. The molecule has 3 aliphatic rings. The van der Waals surface area contributed by atoms with Crippen LogP contribution in [0.1, 0.15) is 69.5 Å². The van der Waals surface area contributed by atoms with Gasteiger partial charge in [-0.05, 0) is 98.3 Å². The predicted molar refractivity (Wildman–Crippen MR) is 170 cm³/mol. The number of aromatic hydroxyl groups is 1. The SMILES string of the molecule is CCC1=C2[C@@H](CC/C(=C/c3cc(Br)ccc3O)c3ccccn3)OB(O)C[C@@H]2[C@@H]2C(=O)N(CCCCCC(=O)O)C(=O)[C@@H]2C1. The third-order valence-corrected chi connectivity index (χ3v) is 9.58. The molecule has 2 fully saturated rings. The number of unbranched alkanes of at least 4 members (excludes halogenated alkanes) is 2. The third kappa shape index (κ3) is 7.00. The Morgan fingerprint density at radius 1 is 1.14 bits per heavy atom. The number of nitrogens with zero attached hydrogens (tertiary/aromatic N) is 2. The lowest BCUT2D eigenvalue weighted by Gasteiger charge is -2.43. The van der Waals surface area contributed by atoms with Gasteiger partial charge in [-0.1, -0.05) is 40.9 Å². The fourth-order valence-electron chi connectivity index (χ4n) is 7.05. The average Bonchev–Trinajstić information content (AvgIpc) is 3.24. The summed E-state index contributed by atoms with van der Waals surface area (Å²) in [6.07, 6.45) is 7.52. The number of hydrogen-bond donors (Lipinski definition) is 3. The summed E-state index contributed by atoms with van der Waals surface area (Å²) in [6, 6.07) is 10.9. The molecule has 1 aromatic heterocycles.